The predicted octanol–water partition coefficient (Wildman–Crippen LogP) is -12.0. The van der Waals surface area contributed by atoms with E-state index in [2.05, 4.69) is 0 Å². The van der Waals surface area contributed by atoms with Crippen LogP contribution in [0.1, 0.15) is 0 Å². The minimum atomic E-state index is -3.38. The van der Waals surface area contributed by atoms with E-state index in [0.717, 1.165) is 0 Å². The van der Waals surface area contributed by atoms with Crippen molar-refractivity contribution in [2.24, 2.45) is 0 Å². The summed E-state index contributed by atoms with van der Waals surface area (Å²) in [6.07, 6.45) is 0. The summed E-state index contributed by atoms with van der Waals surface area (Å²) in [4.78, 5) is 78.4. The molecule has 0 aromatic heterocycles. The Balaban J connectivity index is -0.0000000250. The van der Waals surface area contributed by atoms with E-state index in [1.54, 1.807) is 0 Å². The zero-order valence-electron chi connectivity index (χ0n) is 10.1. The standard InChI is InChI=1S/Al.Mg.5HO3Si/c;;5*1-4(2)3/h;;5*1H/q+3;+2;5*-1. The second kappa shape index (κ2) is 37.0. The monoisotopic (exact) mass is 436 g/mol. The zero-order chi connectivity index (χ0) is 17.9. The molecule has 0 saturated heterocycles. The van der Waals surface area contributed by atoms with Crippen LogP contribution in [0.4, 0.5) is 0 Å². The molecule has 0 unspecified atom stereocenters. The van der Waals surface area contributed by atoms with Gasteiger partial charge >= 0.3 is 86.3 Å². The van der Waals surface area contributed by atoms with E-state index >= 15 is 0 Å². The Morgan fingerprint density at radius 1 is 0.455 bits per heavy atom. The van der Waals surface area contributed by atoms with Gasteiger partial charge in [0.25, 0.3) is 0 Å². The van der Waals surface area contributed by atoms with Crippen LogP contribution in [-0.2, 0) is 22.3 Å². The average molecular weight is 437 g/mol. The number of hydrogen-bond donors (Lipinski definition) is 5. The van der Waals surface area contributed by atoms with Gasteiger partial charge in [-0.25, -0.2) is 0 Å². The molecule has 0 saturated carbocycles. The van der Waals surface area contributed by atoms with E-state index in [-0.39, 0.29) is 40.4 Å². The summed E-state index contributed by atoms with van der Waals surface area (Å²) in [5.74, 6) is 0. The van der Waals surface area contributed by atoms with E-state index in [1.807, 2.05) is 0 Å². The third-order valence-corrected chi connectivity index (χ3v) is 0. The molecule has 15 nitrogen and oxygen atoms in total. The minimum absolute atomic E-state index is 0. The molecule has 0 spiro atoms. The first-order valence-corrected chi connectivity index (χ1v) is 9.48. The van der Waals surface area contributed by atoms with Gasteiger partial charge in [-0.05, 0) is 0 Å². The van der Waals surface area contributed by atoms with Crippen LogP contribution in [0.15, 0.2) is 0 Å². The Hall–Kier alpha value is -0.617. The maximum absolute atomic E-state index is 8.63. The van der Waals surface area contributed by atoms with Crippen molar-refractivity contribution >= 4 is 86.3 Å². The minimum Gasteiger partial charge on any atom is -0.604 e. The molecular weight excluding hydrogens is 432 g/mol. The van der Waals surface area contributed by atoms with Crippen LogP contribution in [0, 0.1) is 0 Å². The quantitative estimate of drug-likeness (QED) is 0.220. The van der Waals surface area contributed by atoms with Crippen molar-refractivity contribution in [3.05, 3.63) is 0 Å². The van der Waals surface area contributed by atoms with E-state index < -0.39 is 45.9 Å². The second-order valence-corrected chi connectivity index (χ2v) is 3.99. The fraction of sp³-hybridized carbons (Fsp3) is 0. The van der Waals surface area contributed by atoms with E-state index in [4.69, 9.17) is 70.3 Å². The van der Waals surface area contributed by atoms with Crippen LogP contribution in [0.25, 0.3) is 0 Å². The van der Waals surface area contributed by atoms with Crippen LogP contribution >= 0.6 is 0 Å². The average Bonchev–Trinajstić information content (AvgIpc) is 1.94. The molecule has 0 bridgehead atoms. The van der Waals surface area contributed by atoms with Gasteiger partial charge in [-0.1, -0.05) is 0 Å². The van der Waals surface area contributed by atoms with Crippen molar-refractivity contribution in [2.75, 3.05) is 0 Å². The van der Waals surface area contributed by atoms with Gasteiger partial charge in [0.05, 0.1) is 0 Å². The van der Waals surface area contributed by atoms with Crippen molar-refractivity contribution in [1.82, 2.24) is 0 Å². The van der Waals surface area contributed by atoms with E-state index in [9.17, 15) is 0 Å². The van der Waals surface area contributed by atoms with Gasteiger partial charge in [0.2, 0.25) is 0 Å². The topological polar surface area (TPSA) is 302 Å². The van der Waals surface area contributed by atoms with E-state index in [1.165, 1.54) is 0 Å². The van der Waals surface area contributed by atoms with Gasteiger partial charge in [-0.2, -0.15) is 0 Å². The van der Waals surface area contributed by atoms with Crippen molar-refractivity contribution in [3.8, 4) is 0 Å². The Morgan fingerprint density at radius 3 is 0.455 bits per heavy atom. The Morgan fingerprint density at radius 2 is 0.455 bits per heavy atom. The molecule has 120 valence electrons. The third kappa shape index (κ3) is 17200. The molecule has 0 aromatic carbocycles. The summed E-state index contributed by atoms with van der Waals surface area (Å²) in [5, 5.41) is 0. The normalized spacial score (nSPS) is 5.45. The van der Waals surface area contributed by atoms with Crippen LogP contribution in [0.3, 0.4) is 0 Å². The molecule has 0 heterocycles. The van der Waals surface area contributed by atoms with Gasteiger partial charge in [0.15, 0.2) is 0 Å². The smallest absolute Gasteiger partial charge is 0.604 e. The SMILES string of the molecule is O=[Si]([O-])O.O=[Si]([O-])O.O=[Si]([O-])O.O=[Si]([O-])O.O=[Si]([O-])O.[Al+3].[Mg+2]. The molecule has 0 fully saturated rings. The van der Waals surface area contributed by atoms with Crippen LogP contribution in [0.5, 0.6) is 0 Å². The molecule has 0 atom stereocenters. The fourth-order valence-corrected chi connectivity index (χ4v) is 0. The molecule has 22 heteroatoms. The van der Waals surface area contributed by atoms with Crippen LogP contribution in [0.2, 0.25) is 0 Å². The summed E-state index contributed by atoms with van der Waals surface area (Å²) >= 11 is 0. The summed E-state index contributed by atoms with van der Waals surface area (Å²) < 4.78 is 43.1. The Bertz CT molecular complexity index is 213. The summed E-state index contributed by atoms with van der Waals surface area (Å²) in [5.41, 5.74) is 0. The molecule has 0 aliphatic carbocycles. The number of hydrogen-bond acceptors (Lipinski definition) is 10. The zero-order valence-corrected chi connectivity index (χ0v) is 17.7. The first-order chi connectivity index (χ1) is 8.66. The van der Waals surface area contributed by atoms with Gasteiger partial charge in [0, 0.05) is 0 Å². The van der Waals surface area contributed by atoms with Gasteiger partial charge in [-0.3, -0.25) is 0 Å². The molecule has 0 rings (SSSR count). The predicted molar refractivity (Wildman–Crippen MR) is 54.8 cm³/mol. The first-order valence-electron chi connectivity index (χ1n) is 3.16. The molecule has 22 heavy (non-hydrogen) atoms. The first kappa shape index (κ1) is 42.9. The number of rotatable bonds is 0. The van der Waals surface area contributed by atoms with Crippen molar-refractivity contribution in [1.29, 1.82) is 0 Å². The van der Waals surface area contributed by atoms with Gasteiger partial charge < -0.3 is 70.3 Å². The van der Waals surface area contributed by atoms with Crippen molar-refractivity contribution in [2.45, 2.75) is 0 Å². The van der Waals surface area contributed by atoms with Gasteiger partial charge in [-0.15, -0.1) is 0 Å². The van der Waals surface area contributed by atoms with Crippen LogP contribution in [-0.4, -0.2) is 110 Å². The van der Waals surface area contributed by atoms with Crippen LogP contribution < -0.4 is 24.0 Å². The summed E-state index contributed by atoms with van der Waals surface area (Å²) in [6.45, 7) is 0. The molecule has 0 radical (unpaired) electrons. The Labute approximate surface area is 156 Å². The molecular formula is H5AlMgO15Si5. The van der Waals surface area contributed by atoms with Crippen molar-refractivity contribution in [3.63, 3.8) is 0 Å². The third-order valence-electron chi connectivity index (χ3n) is 0. The molecule has 0 aliphatic heterocycles. The molecule has 0 aliphatic rings. The molecule has 0 aromatic rings. The molecule has 5 N–H and O–H groups in total. The fourth-order valence-electron chi connectivity index (χ4n) is 0. The van der Waals surface area contributed by atoms with E-state index in [0.29, 0.717) is 0 Å². The molecule has 0 amide bonds. The largest absolute Gasteiger partial charge is 3.00 e. The van der Waals surface area contributed by atoms with Gasteiger partial charge in [0.1, 0.15) is 0 Å². The second-order valence-electron chi connectivity index (χ2n) is 1.33. The maximum Gasteiger partial charge on any atom is 3.00 e. The summed E-state index contributed by atoms with van der Waals surface area (Å²) in [7, 11) is -16.9. The Kier molecular flexibility index (Phi) is 72.3. The van der Waals surface area contributed by atoms with Crippen molar-refractivity contribution < 1.29 is 70.3 Å². The maximum atomic E-state index is 8.63. The summed E-state index contributed by atoms with van der Waals surface area (Å²) in [6, 6.07) is 0.